The number of hydrogen-bond donors (Lipinski definition) is 0. The van der Waals surface area contributed by atoms with Gasteiger partial charge in [0.2, 0.25) is 0 Å². The predicted molar refractivity (Wildman–Crippen MR) is 127 cm³/mol. The second-order valence-electron chi connectivity index (χ2n) is 6.56. The summed E-state index contributed by atoms with van der Waals surface area (Å²) >= 11 is 3.96. The Morgan fingerprint density at radius 2 is 1.74 bits per heavy atom. The average Bonchev–Trinajstić information content (AvgIpc) is 3.25. The number of aryl methyl sites for hydroxylation is 1. The zero-order chi connectivity index (χ0) is 23.6. The maximum absolute atomic E-state index is 13.4. The van der Waals surface area contributed by atoms with Crippen molar-refractivity contribution in [3.8, 4) is 17.1 Å². The molecule has 0 spiro atoms. The number of benzene rings is 2. The van der Waals surface area contributed by atoms with Gasteiger partial charge in [0.15, 0.2) is 0 Å². The number of halogens is 3. The van der Waals surface area contributed by atoms with Gasteiger partial charge in [-0.2, -0.15) is 0 Å². The summed E-state index contributed by atoms with van der Waals surface area (Å²) in [4.78, 5) is 12.5. The molecule has 0 aliphatic carbocycles. The predicted octanol–water partition coefficient (Wildman–Crippen LogP) is 6.42. The van der Waals surface area contributed by atoms with Crippen molar-refractivity contribution >= 4 is 33.9 Å². The quantitative estimate of drug-likeness (QED) is 0.154. The van der Waals surface area contributed by atoms with E-state index >= 15 is 0 Å². The van der Waals surface area contributed by atoms with Crippen molar-refractivity contribution in [3.63, 3.8) is 0 Å². The zero-order valence-electron chi connectivity index (χ0n) is 17.7. The average molecular weight is 782 g/mol. The second-order valence-corrected chi connectivity index (χ2v) is 8.57. The van der Waals surface area contributed by atoms with Crippen molar-refractivity contribution in [3.05, 3.63) is 109 Å². The number of aromatic nitrogens is 4. The topological polar surface area (TPSA) is 56.0 Å². The van der Waals surface area contributed by atoms with Crippen LogP contribution in [0.15, 0.2) is 81.1 Å². The van der Waals surface area contributed by atoms with Gasteiger partial charge in [-0.05, 0) is 30.3 Å². The molecule has 2 aromatic carbocycles. The molecule has 5 nitrogen and oxygen atoms in total. The molecule has 10 heteroatoms. The maximum atomic E-state index is 13.4. The van der Waals surface area contributed by atoms with Crippen LogP contribution in [0.25, 0.3) is 28.1 Å². The number of imidazole rings is 1. The van der Waals surface area contributed by atoms with Crippen LogP contribution in [0.2, 0.25) is 0 Å². The van der Waals surface area contributed by atoms with Gasteiger partial charge in [-0.25, -0.2) is 0 Å². The second kappa shape index (κ2) is 14.3. The van der Waals surface area contributed by atoms with Crippen LogP contribution < -0.4 is 0 Å². The molecule has 1 radical (unpaired) electrons. The molecule has 0 aliphatic rings. The molecule has 0 unspecified atom stereocenters. The van der Waals surface area contributed by atoms with Crippen LogP contribution in [0.3, 0.4) is 0 Å². The zero-order valence-corrected chi connectivity index (χ0v) is 23.6. The molecular weight excluding hydrogens is 766 g/mol. The van der Waals surface area contributed by atoms with Gasteiger partial charge in [-0.1, -0.05) is 65.2 Å². The number of rotatable bonds is 2. The van der Waals surface area contributed by atoms with Crippen molar-refractivity contribution in [2.75, 3.05) is 0 Å². The van der Waals surface area contributed by atoms with E-state index in [1.54, 1.807) is 18.5 Å². The van der Waals surface area contributed by atoms with Crippen LogP contribution in [0.4, 0.5) is 8.78 Å². The summed E-state index contributed by atoms with van der Waals surface area (Å²) in [6.07, 6.45) is 6.28. The summed E-state index contributed by atoms with van der Waals surface area (Å²) in [6, 6.07) is 21.7. The molecular formula is C24H16F2IIrN5V-2. The fourth-order valence-electron chi connectivity index (χ4n) is 2.88. The Kier molecular flexibility index (Phi) is 11.8. The molecule has 0 fully saturated rings. The molecule has 0 amide bonds. The molecule has 3 aromatic heterocycles. The Bertz CT molecular complexity index is 1350. The molecule has 174 valence electrons. The first-order valence-electron chi connectivity index (χ1n) is 9.55. The Morgan fingerprint density at radius 3 is 2.41 bits per heavy atom. The fourth-order valence-corrected chi connectivity index (χ4v) is 2.88. The molecule has 34 heavy (non-hydrogen) atoms. The maximum Gasteiger partial charge on any atom is 0.0552 e. The first-order valence-corrected chi connectivity index (χ1v) is 11.1. The molecule has 0 aliphatic heterocycles. The van der Waals surface area contributed by atoms with Crippen LogP contribution in [0.5, 0.6) is 0 Å². The summed E-state index contributed by atoms with van der Waals surface area (Å²) in [5.74, 6) is -0.441. The molecule has 0 saturated carbocycles. The van der Waals surface area contributed by atoms with E-state index in [2.05, 4.69) is 46.6 Å². The molecule has 0 atom stereocenters. The van der Waals surface area contributed by atoms with E-state index in [0.717, 1.165) is 34.5 Å². The fraction of sp³-hybridized carbons (Fsp3) is 0.0417. The van der Waals surface area contributed by atoms with Gasteiger partial charge in [0, 0.05) is 50.5 Å². The summed E-state index contributed by atoms with van der Waals surface area (Å²) in [5, 5.41) is 0. The summed E-state index contributed by atoms with van der Waals surface area (Å²) in [6.45, 7) is 1.88. The van der Waals surface area contributed by atoms with Crippen LogP contribution in [-0.2, 0) is 37.3 Å². The Morgan fingerprint density at radius 1 is 1.00 bits per heavy atom. The third-order valence-electron chi connectivity index (χ3n) is 4.30. The smallest absolute Gasteiger partial charge is 0.0552 e. The van der Waals surface area contributed by atoms with Crippen molar-refractivity contribution in [2.24, 2.45) is 2.00 Å². The SMILES string of the molecule is Cc1ccnc(-c2[c-]cc(F)cc2F)c1.[Ir].[V]=[N]I.[c-]1nc2ccccc2n1-c1ccccn1. The van der Waals surface area contributed by atoms with Crippen molar-refractivity contribution < 1.29 is 46.1 Å². The Labute approximate surface area is 232 Å². The minimum Gasteiger partial charge on any atom is -0.411 e. The van der Waals surface area contributed by atoms with Gasteiger partial charge in [-0.3, -0.25) is 13.8 Å². The van der Waals surface area contributed by atoms with Crippen molar-refractivity contribution in [1.82, 2.24) is 19.5 Å². The number of hydrogen-bond acceptors (Lipinski definition) is 4. The van der Waals surface area contributed by atoms with Crippen LogP contribution in [0.1, 0.15) is 5.56 Å². The molecule has 5 rings (SSSR count). The molecule has 3 heterocycles. The van der Waals surface area contributed by atoms with Gasteiger partial charge in [0.25, 0.3) is 0 Å². The molecule has 0 bridgehead atoms. The van der Waals surface area contributed by atoms with Crippen LogP contribution >= 0.6 is 22.9 Å². The Balaban J connectivity index is 0.000000210. The monoisotopic (exact) mass is 783 g/mol. The summed E-state index contributed by atoms with van der Waals surface area (Å²) in [5.41, 5.74) is 3.59. The van der Waals surface area contributed by atoms with E-state index in [4.69, 9.17) is 0 Å². The third kappa shape index (κ3) is 7.68. The summed E-state index contributed by atoms with van der Waals surface area (Å²) < 4.78 is 31.3. The van der Waals surface area contributed by atoms with E-state index in [0.29, 0.717) is 5.69 Å². The van der Waals surface area contributed by atoms with E-state index in [1.165, 1.54) is 0 Å². The number of para-hydroxylation sites is 2. The van der Waals surface area contributed by atoms with Gasteiger partial charge in [0.05, 0.1) is 5.82 Å². The van der Waals surface area contributed by atoms with Crippen molar-refractivity contribution in [2.45, 2.75) is 6.92 Å². The van der Waals surface area contributed by atoms with Crippen molar-refractivity contribution in [1.29, 1.82) is 0 Å². The van der Waals surface area contributed by atoms with Crippen LogP contribution in [0, 0.1) is 31.0 Å². The largest absolute Gasteiger partial charge is 0.411 e. The van der Waals surface area contributed by atoms with Gasteiger partial charge in [-0.15, -0.1) is 12.1 Å². The third-order valence-corrected chi connectivity index (χ3v) is 4.30. The molecule has 0 saturated heterocycles. The van der Waals surface area contributed by atoms with E-state index in [9.17, 15) is 8.78 Å². The van der Waals surface area contributed by atoms with Gasteiger partial charge in [0.1, 0.15) is 0 Å². The number of fused-ring (bicyclic) bond motifs is 1. The van der Waals surface area contributed by atoms with E-state index in [1.807, 2.05) is 82.9 Å². The normalized spacial score (nSPS) is 9.62. The molecule has 5 aromatic rings. The minimum absolute atomic E-state index is 0. The first-order chi connectivity index (χ1) is 16.0. The number of nitrogens with zero attached hydrogens (tertiary/aromatic N) is 5. The van der Waals surface area contributed by atoms with E-state index in [-0.39, 0.29) is 25.7 Å². The Hall–Kier alpha value is -2.17. The van der Waals surface area contributed by atoms with Crippen LogP contribution in [-0.4, -0.2) is 19.5 Å². The van der Waals surface area contributed by atoms with E-state index < -0.39 is 11.6 Å². The van der Waals surface area contributed by atoms with Gasteiger partial charge < -0.3 is 14.5 Å². The standard InChI is InChI=1S/C12H8F2N.C12H8N3.IN.Ir.V/c1-8-4-5-15-12(6-8)10-3-2-9(13)7-11(10)14;1-2-6-11-10(5-1)14-9-15(11)12-7-3-4-8-13-12;1-2;;/h2,4-7H,1H3;1-8H;;;/q2*-1;;;. The molecule has 0 N–H and O–H groups in total. The summed E-state index contributed by atoms with van der Waals surface area (Å²) in [7, 11) is 0. The number of pyridine rings is 2. The first kappa shape index (κ1) is 28.1. The van der Waals surface area contributed by atoms with Gasteiger partial charge >= 0.3 is 42.1 Å². The minimum atomic E-state index is -0.645.